The summed E-state index contributed by atoms with van der Waals surface area (Å²) in [5.41, 5.74) is 4.75. The molecular formula is C32H35N3O9. The normalized spacial score (nSPS) is 27.9. The van der Waals surface area contributed by atoms with E-state index in [4.69, 9.17) is 10.5 Å². The van der Waals surface area contributed by atoms with E-state index in [2.05, 4.69) is 5.32 Å². The van der Waals surface area contributed by atoms with E-state index in [1.54, 1.807) is 30.3 Å². The first kappa shape index (κ1) is 31.0. The highest BCUT2D eigenvalue weighted by atomic mass is 16.5. The van der Waals surface area contributed by atoms with Gasteiger partial charge in [-0.1, -0.05) is 32.0 Å². The number of nitrogens with two attached hydrogens (primary N) is 1. The van der Waals surface area contributed by atoms with Crippen LogP contribution in [-0.4, -0.2) is 82.6 Å². The number of amides is 2. The molecule has 2 fully saturated rings. The number of carbonyl (C=O) groups excluding carboxylic acids is 6. The van der Waals surface area contributed by atoms with Crippen molar-refractivity contribution < 1.29 is 43.7 Å². The number of benzene rings is 2. The molecule has 12 heteroatoms. The lowest BCUT2D eigenvalue weighted by Gasteiger charge is -2.52. The van der Waals surface area contributed by atoms with Crippen LogP contribution in [0.2, 0.25) is 0 Å². The molecule has 232 valence electrons. The third-order valence-corrected chi connectivity index (χ3v) is 8.93. The van der Waals surface area contributed by atoms with Gasteiger partial charge in [-0.15, -0.1) is 0 Å². The molecule has 0 spiro atoms. The Morgan fingerprint density at radius 3 is 2.32 bits per heavy atom. The topological polar surface area (TPSA) is 193 Å². The van der Waals surface area contributed by atoms with Crippen LogP contribution >= 0.6 is 0 Å². The summed E-state index contributed by atoms with van der Waals surface area (Å²) in [6, 6.07) is 8.61. The van der Waals surface area contributed by atoms with E-state index >= 15 is 0 Å². The first-order valence-corrected chi connectivity index (χ1v) is 14.4. The largest absolute Gasteiger partial charge is 0.507 e. The van der Waals surface area contributed by atoms with Crippen LogP contribution in [0.15, 0.2) is 36.4 Å². The van der Waals surface area contributed by atoms with E-state index in [0.29, 0.717) is 22.4 Å². The Labute approximate surface area is 253 Å². The number of nitrogens with zero attached hydrogens (tertiary/aromatic N) is 1. The molecule has 2 saturated carbocycles. The van der Waals surface area contributed by atoms with Gasteiger partial charge in [0.15, 0.2) is 34.7 Å². The third-order valence-electron chi connectivity index (χ3n) is 8.93. The van der Waals surface area contributed by atoms with E-state index in [9.17, 15) is 39.0 Å². The van der Waals surface area contributed by atoms with E-state index < -0.39 is 70.4 Å². The summed E-state index contributed by atoms with van der Waals surface area (Å²) < 4.78 is 5.15. The van der Waals surface area contributed by atoms with Crippen molar-refractivity contribution in [2.75, 3.05) is 26.0 Å². The number of ketones is 4. The zero-order valence-corrected chi connectivity index (χ0v) is 24.8. The van der Waals surface area contributed by atoms with Crippen LogP contribution in [0.25, 0.3) is 11.1 Å². The molecule has 44 heavy (non-hydrogen) atoms. The number of aliphatic hydroxyl groups is 1. The smallest absolute Gasteiger partial charge is 0.411 e. The molecule has 5 N–H and O–H groups in total. The van der Waals surface area contributed by atoms with Crippen LogP contribution in [0.1, 0.15) is 36.2 Å². The number of carbonyl (C=O) groups is 6. The number of hydrogen-bond acceptors (Lipinski definition) is 10. The number of primary amides is 1. The van der Waals surface area contributed by atoms with Gasteiger partial charge in [-0.05, 0) is 73.7 Å². The molecule has 2 aromatic carbocycles. The maximum absolute atomic E-state index is 14.0. The van der Waals surface area contributed by atoms with Crippen LogP contribution in [0, 0.1) is 29.6 Å². The maximum Gasteiger partial charge on any atom is 0.411 e. The Morgan fingerprint density at radius 2 is 1.73 bits per heavy atom. The lowest BCUT2D eigenvalue weighted by atomic mass is 9.52. The minimum Gasteiger partial charge on any atom is -0.507 e. The number of anilines is 1. The van der Waals surface area contributed by atoms with Gasteiger partial charge < -0.3 is 20.7 Å². The highest BCUT2D eigenvalue weighted by molar-refractivity contribution is 6.32. The molecule has 0 aliphatic heterocycles. The summed E-state index contributed by atoms with van der Waals surface area (Å²) in [6.07, 6.45) is -0.498. The minimum absolute atomic E-state index is 0.0413. The second-order valence-corrected chi connectivity index (χ2v) is 12.5. The van der Waals surface area contributed by atoms with Gasteiger partial charge >= 0.3 is 6.09 Å². The van der Waals surface area contributed by atoms with Crippen molar-refractivity contribution in [2.45, 2.75) is 38.3 Å². The van der Waals surface area contributed by atoms with E-state index in [1.807, 2.05) is 13.8 Å². The monoisotopic (exact) mass is 605 g/mol. The van der Waals surface area contributed by atoms with Crippen LogP contribution in [0.4, 0.5) is 10.5 Å². The maximum atomic E-state index is 14.0. The van der Waals surface area contributed by atoms with Crippen molar-refractivity contribution in [3.63, 3.8) is 0 Å². The number of phenols is 1. The van der Waals surface area contributed by atoms with Crippen LogP contribution < -0.4 is 11.1 Å². The lowest BCUT2D eigenvalue weighted by Crippen LogP contribution is -2.74. The Morgan fingerprint density at radius 1 is 1.07 bits per heavy atom. The highest BCUT2D eigenvalue weighted by Crippen LogP contribution is 2.51. The number of Topliss-reactive ketones (excluding diaryl/α,β-unsaturated/α-hetero) is 4. The van der Waals surface area contributed by atoms with Gasteiger partial charge in [0.2, 0.25) is 5.91 Å². The van der Waals surface area contributed by atoms with Crippen LogP contribution in [0.3, 0.4) is 0 Å². The molecule has 3 aliphatic rings. The number of phenolic OH excluding ortho intramolecular Hbond substituents is 1. The van der Waals surface area contributed by atoms with Crippen molar-refractivity contribution in [2.24, 2.45) is 35.3 Å². The Kier molecular flexibility index (Phi) is 7.93. The predicted molar refractivity (Wildman–Crippen MR) is 157 cm³/mol. The Hall–Kier alpha value is -4.42. The van der Waals surface area contributed by atoms with Gasteiger partial charge in [-0.2, -0.15) is 0 Å². The fourth-order valence-corrected chi connectivity index (χ4v) is 7.00. The predicted octanol–water partition coefficient (Wildman–Crippen LogP) is 1.74. The van der Waals surface area contributed by atoms with Crippen molar-refractivity contribution in [3.05, 3.63) is 47.5 Å². The fourth-order valence-electron chi connectivity index (χ4n) is 7.00. The number of nitrogens with one attached hydrogen (secondary N) is 1. The number of aromatic hydroxyl groups is 1. The van der Waals surface area contributed by atoms with Gasteiger partial charge in [0.05, 0.1) is 24.1 Å². The van der Waals surface area contributed by atoms with Gasteiger partial charge in [0.25, 0.3) is 0 Å². The molecule has 0 radical (unpaired) electrons. The van der Waals surface area contributed by atoms with Gasteiger partial charge in [-0.3, -0.25) is 34.2 Å². The van der Waals surface area contributed by atoms with Gasteiger partial charge in [-0.25, -0.2) is 4.79 Å². The molecule has 0 bridgehead atoms. The second kappa shape index (κ2) is 11.3. The van der Waals surface area contributed by atoms with Crippen molar-refractivity contribution in [1.29, 1.82) is 0 Å². The number of likely N-dealkylation sites (N-methyl/N-ethyl adjacent to an activating group) is 1. The molecule has 0 saturated heterocycles. The summed E-state index contributed by atoms with van der Waals surface area (Å²) in [5.74, 6) is -10.8. The van der Waals surface area contributed by atoms with Gasteiger partial charge in [0.1, 0.15) is 5.75 Å². The molecule has 6 atom stereocenters. The first-order valence-electron chi connectivity index (χ1n) is 14.4. The first-order chi connectivity index (χ1) is 20.7. The van der Waals surface area contributed by atoms with Crippen molar-refractivity contribution >= 4 is 40.8 Å². The SMILES string of the molecule is CC(C)COC(=O)Nc1ccc(-c2ccc(O)c3c2C[C@H]2C[C@H]4[C@H](N(C)C)C(=O)C(C(N)=O)C(=O)[C@@]4(O)C(=O)C2C3=O)cc1. The Bertz CT molecular complexity index is 1580. The summed E-state index contributed by atoms with van der Waals surface area (Å²) >= 11 is 0. The molecule has 2 unspecified atom stereocenters. The molecule has 5 rings (SSSR count). The summed E-state index contributed by atoms with van der Waals surface area (Å²) in [4.78, 5) is 80.2. The summed E-state index contributed by atoms with van der Waals surface area (Å²) in [5, 5.41) is 25.1. The quantitative estimate of drug-likeness (QED) is 0.352. The van der Waals surface area contributed by atoms with Gasteiger partial charge in [0, 0.05) is 11.6 Å². The zero-order chi connectivity index (χ0) is 32.2. The summed E-state index contributed by atoms with van der Waals surface area (Å²) in [6.45, 7) is 4.11. The molecule has 2 amide bonds. The lowest BCUT2D eigenvalue weighted by molar-refractivity contribution is -0.181. The molecule has 2 aromatic rings. The molecule has 0 aromatic heterocycles. The van der Waals surface area contributed by atoms with Crippen LogP contribution in [-0.2, 0) is 30.3 Å². The van der Waals surface area contributed by atoms with Crippen molar-refractivity contribution in [3.8, 4) is 16.9 Å². The van der Waals surface area contributed by atoms with E-state index in [-0.39, 0.29) is 36.7 Å². The number of rotatable bonds is 6. The zero-order valence-electron chi connectivity index (χ0n) is 24.8. The fraction of sp³-hybridized carbons (Fsp3) is 0.438. The third kappa shape index (κ3) is 4.87. The molecule has 12 nitrogen and oxygen atoms in total. The van der Waals surface area contributed by atoms with E-state index in [0.717, 1.165) is 0 Å². The highest BCUT2D eigenvalue weighted by Gasteiger charge is 2.69. The second-order valence-electron chi connectivity index (χ2n) is 12.5. The van der Waals surface area contributed by atoms with Crippen LogP contribution in [0.5, 0.6) is 5.75 Å². The minimum atomic E-state index is -2.77. The molecule has 3 aliphatic carbocycles. The average Bonchev–Trinajstić information content (AvgIpc) is 2.94. The standard InChI is InChI=1S/C32H35N3O9/c1-14(2)13-44-31(42)34-17-7-5-15(6-8-17)18-9-10-21(36)23-19(18)11-16-12-20-25(35(3)4)27(38)24(30(33)41)29(40)32(20,43)28(39)22(16)26(23)37/h5-10,14,16,20,22,24-25,36,43H,11-13H2,1-4H3,(H2,33,41)(H,34,42)/t16-,20-,22?,24?,25-,32-/m0/s1. The number of fused-ring (bicyclic) bond motifs is 3. The van der Waals surface area contributed by atoms with E-state index in [1.165, 1.54) is 25.1 Å². The van der Waals surface area contributed by atoms with Crippen molar-refractivity contribution in [1.82, 2.24) is 4.90 Å². The number of ether oxygens (including phenoxy) is 1. The summed E-state index contributed by atoms with van der Waals surface area (Å²) in [7, 11) is 3.07. The average molecular weight is 606 g/mol. The number of hydrogen-bond donors (Lipinski definition) is 4. The molecular weight excluding hydrogens is 570 g/mol. The molecule has 0 heterocycles. The Balaban J connectivity index is 1.51.